The zero-order valence-corrected chi connectivity index (χ0v) is 11.9. The smallest absolute Gasteiger partial charge is 0.417 e. The first-order valence-electron chi connectivity index (χ1n) is 6.00. The second-order valence-corrected chi connectivity index (χ2v) is 4.92. The van der Waals surface area contributed by atoms with Crippen molar-refractivity contribution in [1.29, 1.82) is 0 Å². The second kappa shape index (κ2) is 5.84. The number of nitrogens with two attached hydrogens (primary N) is 1. The number of halogens is 7. The summed E-state index contributed by atoms with van der Waals surface area (Å²) in [6.07, 6.45) is -10.4. The molecule has 9 heteroatoms. The molecule has 0 spiro atoms. The van der Waals surface area contributed by atoms with Gasteiger partial charge in [-0.25, -0.2) is 0 Å². The molecule has 2 rings (SSSR count). The van der Waals surface area contributed by atoms with Gasteiger partial charge < -0.3 is 10.5 Å². The van der Waals surface area contributed by atoms with Crippen molar-refractivity contribution in [3.8, 4) is 11.5 Å². The second-order valence-electron chi connectivity index (χ2n) is 4.49. The Balaban J connectivity index is 2.51. The van der Waals surface area contributed by atoms with Gasteiger partial charge in [-0.1, -0.05) is 11.6 Å². The predicted molar refractivity (Wildman–Crippen MR) is 72.4 cm³/mol. The van der Waals surface area contributed by atoms with Crippen molar-refractivity contribution in [2.45, 2.75) is 12.4 Å². The SMILES string of the molecule is Nc1cc(C(F)(F)F)c(C(F)(F)F)cc1Oc1ccc(Cl)cc1. The zero-order chi connectivity index (χ0) is 17.4. The van der Waals surface area contributed by atoms with Crippen LogP contribution in [-0.4, -0.2) is 0 Å². The van der Waals surface area contributed by atoms with E-state index in [0.29, 0.717) is 5.02 Å². The maximum absolute atomic E-state index is 12.9. The Bertz CT molecular complexity index is 709. The molecule has 0 radical (unpaired) electrons. The standard InChI is InChI=1S/C14H8ClF6NO/c15-7-1-3-8(4-2-7)23-12-6-10(14(19,20)21)9(5-11(12)22)13(16,17)18/h1-6H,22H2. The third kappa shape index (κ3) is 4.01. The van der Waals surface area contributed by atoms with Crippen molar-refractivity contribution in [2.75, 3.05) is 5.73 Å². The third-order valence-electron chi connectivity index (χ3n) is 2.80. The summed E-state index contributed by atoms with van der Waals surface area (Å²) in [5.74, 6) is -0.457. The van der Waals surface area contributed by atoms with Gasteiger partial charge >= 0.3 is 12.4 Å². The number of ether oxygens (including phenoxy) is 1. The fourth-order valence-corrected chi connectivity index (χ4v) is 1.91. The summed E-state index contributed by atoms with van der Waals surface area (Å²) in [6, 6.07) is 5.92. The average Bonchev–Trinajstić information content (AvgIpc) is 2.40. The first kappa shape index (κ1) is 17.3. The highest BCUT2D eigenvalue weighted by atomic mass is 35.5. The molecule has 0 amide bonds. The van der Waals surface area contributed by atoms with Crippen molar-refractivity contribution in [1.82, 2.24) is 0 Å². The van der Waals surface area contributed by atoms with E-state index in [4.69, 9.17) is 22.1 Å². The lowest BCUT2D eigenvalue weighted by Crippen LogP contribution is -2.17. The minimum atomic E-state index is -5.21. The van der Waals surface area contributed by atoms with Gasteiger partial charge in [0.25, 0.3) is 0 Å². The molecule has 0 aliphatic carbocycles. The van der Waals surface area contributed by atoms with Gasteiger partial charge in [-0.2, -0.15) is 26.3 Å². The summed E-state index contributed by atoms with van der Waals surface area (Å²) in [4.78, 5) is 0. The molecule has 23 heavy (non-hydrogen) atoms. The lowest BCUT2D eigenvalue weighted by molar-refractivity contribution is -0.162. The molecule has 0 heterocycles. The van der Waals surface area contributed by atoms with Crippen molar-refractivity contribution in [3.63, 3.8) is 0 Å². The molecule has 0 saturated heterocycles. The average molecular weight is 356 g/mol. The number of nitrogen functional groups attached to an aromatic ring is 1. The molecule has 0 fully saturated rings. The van der Waals surface area contributed by atoms with Crippen LogP contribution in [0.2, 0.25) is 5.02 Å². The number of rotatable bonds is 2. The van der Waals surface area contributed by atoms with Crippen LogP contribution in [0.25, 0.3) is 0 Å². The van der Waals surface area contributed by atoms with E-state index in [1.165, 1.54) is 24.3 Å². The molecule has 0 saturated carbocycles. The molecule has 2 aromatic rings. The Kier molecular flexibility index (Phi) is 4.39. The third-order valence-corrected chi connectivity index (χ3v) is 3.05. The molecule has 0 bridgehead atoms. The Morgan fingerprint density at radius 2 is 1.30 bits per heavy atom. The van der Waals surface area contributed by atoms with Gasteiger partial charge in [0.05, 0.1) is 16.8 Å². The highest BCUT2D eigenvalue weighted by Gasteiger charge is 2.43. The summed E-state index contributed by atoms with van der Waals surface area (Å²) in [6.45, 7) is 0. The van der Waals surface area contributed by atoms with Crippen LogP contribution in [0.5, 0.6) is 11.5 Å². The van der Waals surface area contributed by atoms with Gasteiger partial charge in [0, 0.05) is 5.02 Å². The number of alkyl halides is 6. The maximum Gasteiger partial charge on any atom is 0.417 e. The van der Waals surface area contributed by atoms with Gasteiger partial charge in [-0.15, -0.1) is 0 Å². The highest BCUT2D eigenvalue weighted by Crippen LogP contribution is 2.44. The molecule has 124 valence electrons. The molecule has 2 aromatic carbocycles. The van der Waals surface area contributed by atoms with Crippen LogP contribution in [0, 0.1) is 0 Å². The van der Waals surface area contributed by atoms with Gasteiger partial charge in [-0.05, 0) is 36.4 Å². The van der Waals surface area contributed by atoms with Crippen molar-refractivity contribution in [2.24, 2.45) is 0 Å². The summed E-state index contributed by atoms with van der Waals surface area (Å²) in [5, 5.41) is 0.355. The van der Waals surface area contributed by atoms with E-state index >= 15 is 0 Å². The van der Waals surface area contributed by atoms with Gasteiger partial charge in [0.1, 0.15) is 5.75 Å². The van der Waals surface area contributed by atoms with Crippen molar-refractivity contribution in [3.05, 3.63) is 52.5 Å². The van der Waals surface area contributed by atoms with Crippen LogP contribution in [0.3, 0.4) is 0 Å². The van der Waals surface area contributed by atoms with Crippen molar-refractivity contribution >= 4 is 17.3 Å². The first-order chi connectivity index (χ1) is 10.5. The fraction of sp³-hybridized carbons (Fsp3) is 0.143. The number of benzene rings is 2. The van der Waals surface area contributed by atoms with Crippen LogP contribution in [0.4, 0.5) is 32.0 Å². The van der Waals surface area contributed by atoms with E-state index in [1.807, 2.05) is 0 Å². The van der Waals surface area contributed by atoms with E-state index in [-0.39, 0.29) is 17.9 Å². The minimum Gasteiger partial charge on any atom is -0.455 e. The Hall–Kier alpha value is -2.09. The van der Waals surface area contributed by atoms with Crippen LogP contribution < -0.4 is 10.5 Å². The lowest BCUT2D eigenvalue weighted by Gasteiger charge is -2.18. The number of hydrogen-bond donors (Lipinski definition) is 1. The van der Waals surface area contributed by atoms with Crippen LogP contribution in [0.15, 0.2) is 36.4 Å². The van der Waals surface area contributed by atoms with Gasteiger partial charge in [0.15, 0.2) is 5.75 Å². The van der Waals surface area contributed by atoms with E-state index in [2.05, 4.69) is 0 Å². The van der Waals surface area contributed by atoms with E-state index in [9.17, 15) is 26.3 Å². The first-order valence-corrected chi connectivity index (χ1v) is 6.37. The Labute approximate surface area is 131 Å². The summed E-state index contributed by atoms with van der Waals surface area (Å²) in [5.41, 5.74) is 1.08. The molecule has 0 aromatic heterocycles. The van der Waals surface area contributed by atoms with Crippen LogP contribution >= 0.6 is 11.6 Å². The van der Waals surface area contributed by atoms with E-state index in [1.54, 1.807) is 0 Å². The van der Waals surface area contributed by atoms with E-state index < -0.39 is 34.9 Å². The summed E-state index contributed by atoms with van der Waals surface area (Å²) in [7, 11) is 0. The van der Waals surface area contributed by atoms with Crippen LogP contribution in [-0.2, 0) is 12.4 Å². The monoisotopic (exact) mass is 355 g/mol. The molecule has 0 unspecified atom stereocenters. The molecule has 0 aliphatic rings. The molecule has 0 aliphatic heterocycles. The quantitative estimate of drug-likeness (QED) is 0.549. The maximum atomic E-state index is 12.9. The molecule has 2 N–H and O–H groups in total. The fourth-order valence-electron chi connectivity index (χ4n) is 1.78. The Morgan fingerprint density at radius 1 is 0.826 bits per heavy atom. The van der Waals surface area contributed by atoms with Gasteiger partial charge in [0.2, 0.25) is 0 Å². The largest absolute Gasteiger partial charge is 0.455 e. The Morgan fingerprint density at radius 3 is 1.78 bits per heavy atom. The lowest BCUT2D eigenvalue weighted by atomic mass is 10.0. The molecule has 2 nitrogen and oxygen atoms in total. The molecular weight excluding hydrogens is 348 g/mol. The van der Waals surface area contributed by atoms with Gasteiger partial charge in [-0.3, -0.25) is 0 Å². The minimum absolute atomic E-state index is 0.0778. The molecular formula is C14H8ClF6NO. The topological polar surface area (TPSA) is 35.2 Å². The zero-order valence-electron chi connectivity index (χ0n) is 11.1. The summed E-state index contributed by atoms with van der Waals surface area (Å²) >= 11 is 5.65. The summed E-state index contributed by atoms with van der Waals surface area (Å²) < 4.78 is 82.0. The molecule has 0 atom stereocenters. The normalized spacial score (nSPS) is 12.3. The number of hydrogen-bond acceptors (Lipinski definition) is 2. The van der Waals surface area contributed by atoms with E-state index in [0.717, 1.165) is 0 Å². The van der Waals surface area contributed by atoms with Crippen molar-refractivity contribution < 1.29 is 31.1 Å². The number of anilines is 1. The van der Waals surface area contributed by atoms with Crippen LogP contribution in [0.1, 0.15) is 11.1 Å². The predicted octanol–water partition coefficient (Wildman–Crippen LogP) is 5.75. The highest BCUT2D eigenvalue weighted by molar-refractivity contribution is 6.30.